The lowest BCUT2D eigenvalue weighted by Gasteiger charge is -2.25. The van der Waals surface area contributed by atoms with Gasteiger partial charge in [-0.25, -0.2) is 42.6 Å². The van der Waals surface area contributed by atoms with Crippen LogP contribution < -0.4 is 28.4 Å². The van der Waals surface area contributed by atoms with Crippen molar-refractivity contribution < 1.29 is 81.7 Å². The fraction of sp³-hybridized carbons (Fsp3) is 0.209. The first-order valence-electron chi connectivity index (χ1n) is 19.8. The lowest BCUT2D eigenvalue weighted by atomic mass is 9.86. The zero-order valence-corrected chi connectivity index (χ0v) is 37.0. The first kappa shape index (κ1) is 49.8. The molecule has 0 fully saturated rings. The second-order valence-electron chi connectivity index (χ2n) is 14.4. The molecule has 0 saturated heterocycles. The van der Waals surface area contributed by atoms with Crippen molar-refractivity contribution in [1.29, 1.82) is 0 Å². The molecule has 0 spiro atoms. The van der Waals surface area contributed by atoms with E-state index < -0.39 is 51.0 Å². The van der Waals surface area contributed by atoms with E-state index in [0.29, 0.717) is 16.7 Å². The SMILES string of the molecule is COc1ccccc1Oc1c(NS(=O)(=O)c2ccc(C(C)(C)COC(=O)Oc3cccc(CON(O)O)c3)cc2)nc(-c2ncccn2)nc1OCCOC(=O)Oc1cccc(CON(O)O)c1. The smallest absolute Gasteiger partial charge is 0.493 e. The molecule has 0 atom stereocenters. The molecule has 0 unspecified atom stereocenters. The number of hydrogen-bond donors (Lipinski definition) is 5. The molecule has 5 N–H and O–H groups in total. The molecule has 0 aliphatic carbocycles. The van der Waals surface area contributed by atoms with Crippen molar-refractivity contribution in [3.05, 3.63) is 132 Å². The molecule has 0 radical (unpaired) electrons. The number of methoxy groups -OCH3 is 1. The molecule has 0 bridgehead atoms. The Morgan fingerprint density at radius 1 is 0.691 bits per heavy atom. The van der Waals surface area contributed by atoms with E-state index in [-0.39, 0.29) is 77.6 Å². The van der Waals surface area contributed by atoms with Gasteiger partial charge in [-0.05, 0) is 71.3 Å². The monoisotopic (exact) mass is 961 g/mol. The lowest BCUT2D eigenvalue weighted by molar-refractivity contribution is -0.497. The molecule has 25 heteroatoms. The van der Waals surface area contributed by atoms with Gasteiger partial charge in [0.05, 0.1) is 36.0 Å². The molecule has 0 aliphatic rings. The van der Waals surface area contributed by atoms with Crippen molar-refractivity contribution in [3.8, 4) is 46.3 Å². The third kappa shape index (κ3) is 14.5. The molecule has 4 aromatic carbocycles. The summed E-state index contributed by atoms with van der Waals surface area (Å²) in [7, 11) is -3.08. The van der Waals surface area contributed by atoms with Crippen LogP contribution in [-0.4, -0.2) is 99.2 Å². The molecule has 6 aromatic rings. The number of para-hydroxylation sites is 2. The minimum absolute atomic E-state index is 0.0160. The molecule has 2 heterocycles. The lowest BCUT2D eigenvalue weighted by Crippen LogP contribution is -2.27. The van der Waals surface area contributed by atoms with Gasteiger partial charge < -0.3 is 33.2 Å². The Hall–Kier alpha value is -7.59. The Labute approximate surface area is 387 Å². The van der Waals surface area contributed by atoms with Crippen LogP contribution in [0.1, 0.15) is 30.5 Å². The summed E-state index contributed by atoms with van der Waals surface area (Å²) >= 11 is 0. The summed E-state index contributed by atoms with van der Waals surface area (Å²) in [5, 5.41) is 34.3. The van der Waals surface area contributed by atoms with Crippen LogP contribution in [0.4, 0.5) is 15.4 Å². The Balaban J connectivity index is 1.20. The number of sulfonamides is 1. The summed E-state index contributed by atoms with van der Waals surface area (Å²) < 4.78 is 69.5. The first-order valence-corrected chi connectivity index (χ1v) is 21.3. The minimum Gasteiger partial charge on any atom is -0.493 e. The molecule has 68 heavy (non-hydrogen) atoms. The molecule has 0 amide bonds. The van der Waals surface area contributed by atoms with Crippen molar-refractivity contribution in [3.63, 3.8) is 0 Å². The number of ether oxygens (including phenoxy) is 7. The van der Waals surface area contributed by atoms with E-state index in [4.69, 9.17) is 54.0 Å². The van der Waals surface area contributed by atoms with E-state index in [1.54, 1.807) is 74.5 Å². The molecule has 24 nitrogen and oxygen atoms in total. The Bertz CT molecular complexity index is 2750. The summed E-state index contributed by atoms with van der Waals surface area (Å²) in [6.45, 7) is 2.11. The van der Waals surface area contributed by atoms with Crippen LogP contribution in [0.3, 0.4) is 0 Å². The Morgan fingerprint density at radius 3 is 1.87 bits per heavy atom. The Morgan fingerprint density at radius 2 is 1.28 bits per heavy atom. The average molecular weight is 962 g/mol. The highest BCUT2D eigenvalue weighted by Gasteiger charge is 2.28. The number of nitrogens with zero attached hydrogens (tertiary/aromatic N) is 6. The number of nitrogens with one attached hydrogen (secondary N) is 1. The van der Waals surface area contributed by atoms with E-state index in [9.17, 15) is 18.0 Å². The van der Waals surface area contributed by atoms with Crippen LogP contribution >= 0.6 is 0 Å². The van der Waals surface area contributed by atoms with Gasteiger partial charge in [0.2, 0.25) is 11.6 Å². The van der Waals surface area contributed by atoms with E-state index >= 15 is 0 Å². The summed E-state index contributed by atoms with van der Waals surface area (Å²) in [5.74, 6) is -0.715. The van der Waals surface area contributed by atoms with Gasteiger partial charge in [-0.3, -0.25) is 25.6 Å². The van der Waals surface area contributed by atoms with Crippen LogP contribution in [0.25, 0.3) is 11.6 Å². The average Bonchev–Trinajstić information content (AvgIpc) is 3.32. The van der Waals surface area contributed by atoms with Gasteiger partial charge >= 0.3 is 12.3 Å². The van der Waals surface area contributed by atoms with Crippen LogP contribution in [0.2, 0.25) is 0 Å². The Kier molecular flexibility index (Phi) is 17.0. The van der Waals surface area contributed by atoms with Gasteiger partial charge in [-0.1, -0.05) is 62.4 Å². The summed E-state index contributed by atoms with van der Waals surface area (Å²) in [4.78, 5) is 51.4. The molecule has 0 aliphatic heterocycles. The molecule has 358 valence electrons. The van der Waals surface area contributed by atoms with E-state index in [2.05, 4.69) is 34.3 Å². The molecule has 6 rings (SSSR count). The zero-order chi connectivity index (χ0) is 48.7. The van der Waals surface area contributed by atoms with Crippen molar-refractivity contribution in [2.24, 2.45) is 0 Å². The standard InChI is InChI=1S/C43H43N7O17S/c1-43(2,27-62-42(52)66-32-12-7-10-29(24-32)26-64-50(55)56)30-15-17-33(18-16-30)68(57,58)48-37-36(67-35-14-5-4-13-34(35)59-3)40(47-39(46-37)38-44-19-8-20-45-38)60-21-22-61-41(51)65-31-11-6-9-28(23-31)25-63-49(53)54/h4-20,23-24,53-56H,21-22,25-27H2,1-3H3,(H,46,47,48). The van der Waals surface area contributed by atoms with E-state index in [1.807, 2.05) is 0 Å². The van der Waals surface area contributed by atoms with Crippen LogP contribution in [0.5, 0.6) is 34.6 Å². The third-order valence-corrected chi connectivity index (χ3v) is 10.4. The maximum Gasteiger partial charge on any atom is 0.513 e. The highest BCUT2D eigenvalue weighted by Crippen LogP contribution is 2.41. The van der Waals surface area contributed by atoms with Crippen LogP contribution in [0, 0.1) is 0 Å². The van der Waals surface area contributed by atoms with Gasteiger partial charge in [0.1, 0.15) is 31.3 Å². The fourth-order valence-electron chi connectivity index (χ4n) is 5.79. The zero-order valence-electron chi connectivity index (χ0n) is 36.2. The van der Waals surface area contributed by atoms with Gasteiger partial charge in [0.25, 0.3) is 15.9 Å². The van der Waals surface area contributed by atoms with Gasteiger partial charge in [0.15, 0.2) is 23.1 Å². The summed E-state index contributed by atoms with van der Waals surface area (Å²) in [5.41, 5.74) is 0.640. The predicted molar refractivity (Wildman–Crippen MR) is 229 cm³/mol. The number of carbonyl (C=O) groups excluding carboxylic acids is 2. The number of rotatable bonds is 22. The quantitative estimate of drug-likeness (QED) is 0.0206. The molecular formula is C43H43N7O17S. The van der Waals surface area contributed by atoms with Crippen LogP contribution in [-0.2, 0) is 47.8 Å². The summed E-state index contributed by atoms with van der Waals surface area (Å²) in [6, 6.07) is 25.9. The van der Waals surface area contributed by atoms with Gasteiger partial charge in [-0.2, -0.15) is 4.98 Å². The van der Waals surface area contributed by atoms with Crippen molar-refractivity contribution >= 4 is 28.2 Å². The van der Waals surface area contributed by atoms with Crippen molar-refractivity contribution in [2.45, 2.75) is 37.4 Å². The van der Waals surface area contributed by atoms with Gasteiger partial charge in [-0.15, -0.1) is 0 Å². The second-order valence-corrected chi connectivity index (χ2v) is 16.1. The van der Waals surface area contributed by atoms with Gasteiger partial charge in [0, 0.05) is 17.8 Å². The maximum atomic E-state index is 14.2. The maximum absolute atomic E-state index is 14.2. The largest absolute Gasteiger partial charge is 0.513 e. The van der Waals surface area contributed by atoms with E-state index in [1.165, 1.54) is 62.0 Å². The van der Waals surface area contributed by atoms with Crippen LogP contribution in [0.15, 0.2) is 120 Å². The minimum atomic E-state index is -4.49. The van der Waals surface area contributed by atoms with Crippen molar-refractivity contribution in [2.75, 3.05) is 31.7 Å². The highest BCUT2D eigenvalue weighted by molar-refractivity contribution is 7.92. The molecular weight excluding hydrogens is 919 g/mol. The number of hydrogen-bond acceptors (Lipinski definition) is 23. The second kappa shape index (κ2) is 23.2. The van der Waals surface area contributed by atoms with E-state index in [0.717, 1.165) is 0 Å². The highest BCUT2D eigenvalue weighted by atomic mass is 32.2. The number of benzene rings is 4. The third-order valence-electron chi connectivity index (χ3n) is 9.04. The predicted octanol–water partition coefficient (Wildman–Crippen LogP) is 6.65. The first-order chi connectivity index (χ1) is 32.6. The number of aromatic nitrogens is 4. The number of anilines is 1. The van der Waals surface area contributed by atoms with Crippen molar-refractivity contribution in [1.82, 2.24) is 30.7 Å². The molecule has 2 aromatic heterocycles. The number of carbonyl (C=O) groups is 2. The fourth-order valence-corrected chi connectivity index (χ4v) is 6.79. The summed E-state index contributed by atoms with van der Waals surface area (Å²) in [6.07, 6.45) is 0.703. The molecule has 0 saturated carbocycles. The normalized spacial score (nSPS) is 11.5. The topological polar surface area (TPSA) is 302 Å².